The van der Waals surface area contributed by atoms with Crippen LogP contribution in [-0.4, -0.2) is 18.4 Å². The average Bonchev–Trinajstić information content (AvgIpc) is 2.55. The number of nitrogens with one attached hydrogen (secondary N) is 1. The molecule has 0 aliphatic heterocycles. The summed E-state index contributed by atoms with van der Waals surface area (Å²) in [5, 5.41) is 1.27. The van der Waals surface area contributed by atoms with Crippen molar-refractivity contribution < 1.29 is 9.53 Å². The largest absolute Gasteiger partial charge is 0.495 e. The normalized spacial score (nSPS) is 10.6. The van der Waals surface area contributed by atoms with Gasteiger partial charge >= 0.3 is 0 Å². The number of carbonyl (C=O) groups is 1. The van der Waals surface area contributed by atoms with E-state index in [1.54, 1.807) is 12.1 Å². The molecule has 0 aliphatic rings. The zero-order valence-electron chi connectivity index (χ0n) is 7.80. The first kappa shape index (κ1) is 10.3. The van der Waals surface area contributed by atoms with E-state index in [4.69, 9.17) is 27.9 Å². The fourth-order valence-electron chi connectivity index (χ4n) is 1.49. The number of carbonyl (C=O) groups excluding carboxylic acids is 1. The third-order valence-electron chi connectivity index (χ3n) is 2.19. The molecule has 78 valence electrons. The Hall–Kier alpha value is -1.19. The quantitative estimate of drug-likeness (QED) is 0.823. The maximum absolute atomic E-state index is 10.9. The molecule has 0 spiro atoms. The zero-order valence-corrected chi connectivity index (χ0v) is 9.32. The van der Waals surface area contributed by atoms with Gasteiger partial charge in [-0.1, -0.05) is 23.2 Å². The fraction of sp³-hybridized carbons (Fsp3) is 0.100. The molecule has 5 heteroatoms. The summed E-state index contributed by atoms with van der Waals surface area (Å²) in [7, 11) is 1.52. The van der Waals surface area contributed by atoms with E-state index in [-0.39, 0.29) is 5.15 Å². The Kier molecular flexibility index (Phi) is 2.59. The maximum atomic E-state index is 10.9. The van der Waals surface area contributed by atoms with Crippen LogP contribution < -0.4 is 4.74 Å². The number of H-pyrrole nitrogens is 1. The predicted molar refractivity (Wildman–Crippen MR) is 60.3 cm³/mol. The molecule has 0 unspecified atom stereocenters. The second-order valence-corrected chi connectivity index (χ2v) is 3.73. The number of benzene rings is 1. The first-order chi connectivity index (χ1) is 7.19. The van der Waals surface area contributed by atoms with E-state index < -0.39 is 0 Å². The van der Waals surface area contributed by atoms with Crippen molar-refractivity contribution in [3.05, 3.63) is 27.9 Å². The van der Waals surface area contributed by atoms with Crippen LogP contribution in [0.3, 0.4) is 0 Å². The third-order valence-corrected chi connectivity index (χ3v) is 2.87. The first-order valence-electron chi connectivity index (χ1n) is 4.18. The smallest absolute Gasteiger partial charge is 0.153 e. The molecule has 0 bridgehead atoms. The van der Waals surface area contributed by atoms with Crippen LogP contribution in [0.25, 0.3) is 10.9 Å². The van der Waals surface area contributed by atoms with Gasteiger partial charge in [0.2, 0.25) is 0 Å². The average molecular weight is 244 g/mol. The minimum Gasteiger partial charge on any atom is -0.495 e. The van der Waals surface area contributed by atoms with Gasteiger partial charge < -0.3 is 9.72 Å². The first-order valence-corrected chi connectivity index (χ1v) is 4.93. The van der Waals surface area contributed by atoms with Crippen molar-refractivity contribution in [1.82, 2.24) is 4.98 Å². The molecule has 0 saturated heterocycles. The number of aromatic amines is 1. The molecule has 0 atom stereocenters. The molecular formula is C10H7Cl2NO2. The van der Waals surface area contributed by atoms with Gasteiger partial charge in [-0.05, 0) is 12.1 Å². The van der Waals surface area contributed by atoms with Gasteiger partial charge in [-0.2, -0.15) is 0 Å². The minimum absolute atomic E-state index is 0.287. The van der Waals surface area contributed by atoms with Crippen LogP contribution in [0, 0.1) is 0 Å². The standard InChI is InChI=1S/C10H7Cl2NO2/c1-15-7-3-2-6-8(9(7)11)5(4-14)10(12)13-6/h2-4,13H,1H3. The SMILES string of the molecule is COc1ccc2[nH]c(Cl)c(C=O)c2c1Cl. The Labute approximate surface area is 95.9 Å². The lowest BCUT2D eigenvalue weighted by Gasteiger charge is -2.03. The lowest BCUT2D eigenvalue weighted by atomic mass is 10.2. The number of hydrogen-bond donors (Lipinski definition) is 1. The van der Waals surface area contributed by atoms with Gasteiger partial charge in [0.1, 0.15) is 10.9 Å². The van der Waals surface area contributed by atoms with Gasteiger partial charge in [-0.15, -0.1) is 0 Å². The van der Waals surface area contributed by atoms with Crippen molar-refractivity contribution in [3.63, 3.8) is 0 Å². The van der Waals surface area contributed by atoms with Gasteiger partial charge in [-0.25, -0.2) is 0 Å². The molecule has 0 amide bonds. The number of hydrogen-bond acceptors (Lipinski definition) is 2. The van der Waals surface area contributed by atoms with E-state index in [9.17, 15) is 4.79 Å². The number of fused-ring (bicyclic) bond motifs is 1. The highest BCUT2D eigenvalue weighted by Crippen LogP contribution is 2.36. The van der Waals surface area contributed by atoms with E-state index in [0.29, 0.717) is 33.5 Å². The van der Waals surface area contributed by atoms with Crippen molar-refractivity contribution in [2.45, 2.75) is 0 Å². The topological polar surface area (TPSA) is 42.1 Å². The van der Waals surface area contributed by atoms with Crippen LogP contribution in [-0.2, 0) is 0 Å². The summed E-state index contributed by atoms with van der Waals surface area (Å²) in [6, 6.07) is 3.48. The summed E-state index contributed by atoms with van der Waals surface area (Å²) in [5.74, 6) is 0.517. The number of ether oxygens (including phenoxy) is 1. The highest BCUT2D eigenvalue weighted by atomic mass is 35.5. The molecule has 3 nitrogen and oxygen atoms in total. The molecule has 2 aromatic rings. The van der Waals surface area contributed by atoms with Crippen LogP contribution in [0.15, 0.2) is 12.1 Å². The second kappa shape index (κ2) is 3.76. The summed E-state index contributed by atoms with van der Waals surface area (Å²) in [5.41, 5.74) is 1.07. The molecule has 0 saturated carbocycles. The Bertz CT molecular complexity index is 534. The number of rotatable bonds is 2. The van der Waals surface area contributed by atoms with Crippen molar-refractivity contribution >= 4 is 40.4 Å². The predicted octanol–water partition coefficient (Wildman–Crippen LogP) is 3.30. The number of aromatic nitrogens is 1. The summed E-state index contributed by atoms with van der Waals surface area (Å²) in [6.07, 6.45) is 0.673. The monoisotopic (exact) mass is 243 g/mol. The Balaban J connectivity index is 2.89. The lowest BCUT2D eigenvalue weighted by molar-refractivity contribution is 0.112. The van der Waals surface area contributed by atoms with Gasteiger partial charge in [0.15, 0.2) is 6.29 Å². The van der Waals surface area contributed by atoms with Gasteiger partial charge in [-0.3, -0.25) is 4.79 Å². The molecule has 2 rings (SSSR count). The van der Waals surface area contributed by atoms with E-state index >= 15 is 0 Å². The van der Waals surface area contributed by atoms with E-state index in [1.165, 1.54) is 7.11 Å². The number of halogens is 2. The summed E-state index contributed by atoms with van der Waals surface area (Å²) in [6.45, 7) is 0. The molecule has 1 N–H and O–H groups in total. The molecule has 15 heavy (non-hydrogen) atoms. The summed E-state index contributed by atoms with van der Waals surface area (Å²) in [4.78, 5) is 13.7. The highest BCUT2D eigenvalue weighted by molar-refractivity contribution is 6.40. The van der Waals surface area contributed by atoms with Crippen LogP contribution in [0.2, 0.25) is 10.2 Å². The molecule has 1 heterocycles. The Morgan fingerprint density at radius 2 is 2.13 bits per heavy atom. The molecule has 0 radical (unpaired) electrons. The van der Waals surface area contributed by atoms with Crippen molar-refractivity contribution in [3.8, 4) is 5.75 Å². The summed E-state index contributed by atoms with van der Waals surface area (Å²) >= 11 is 11.9. The lowest BCUT2D eigenvalue weighted by Crippen LogP contribution is -1.85. The van der Waals surface area contributed by atoms with Gasteiger partial charge in [0, 0.05) is 10.9 Å². The van der Waals surface area contributed by atoms with Crippen molar-refractivity contribution in [2.75, 3.05) is 7.11 Å². The number of aldehydes is 1. The fourth-order valence-corrected chi connectivity index (χ4v) is 2.07. The van der Waals surface area contributed by atoms with Crippen molar-refractivity contribution in [2.24, 2.45) is 0 Å². The van der Waals surface area contributed by atoms with Gasteiger partial charge in [0.25, 0.3) is 0 Å². The third kappa shape index (κ3) is 1.48. The summed E-state index contributed by atoms with van der Waals surface area (Å²) < 4.78 is 5.06. The van der Waals surface area contributed by atoms with E-state index in [2.05, 4.69) is 4.98 Å². The van der Waals surface area contributed by atoms with E-state index in [1.807, 2.05) is 0 Å². The van der Waals surface area contributed by atoms with E-state index in [0.717, 1.165) is 0 Å². The Morgan fingerprint density at radius 3 is 2.73 bits per heavy atom. The van der Waals surface area contributed by atoms with Gasteiger partial charge in [0.05, 0.1) is 17.7 Å². The zero-order chi connectivity index (χ0) is 11.0. The maximum Gasteiger partial charge on any atom is 0.153 e. The number of methoxy groups -OCH3 is 1. The molecular weight excluding hydrogens is 237 g/mol. The second-order valence-electron chi connectivity index (χ2n) is 2.97. The van der Waals surface area contributed by atoms with Crippen molar-refractivity contribution in [1.29, 1.82) is 0 Å². The molecule has 1 aromatic heterocycles. The Morgan fingerprint density at radius 1 is 1.40 bits per heavy atom. The van der Waals surface area contributed by atoms with Crippen LogP contribution in [0.5, 0.6) is 5.75 Å². The molecule has 0 aliphatic carbocycles. The highest BCUT2D eigenvalue weighted by Gasteiger charge is 2.15. The molecule has 0 fully saturated rings. The molecule has 1 aromatic carbocycles. The van der Waals surface area contributed by atoms with Crippen LogP contribution in [0.1, 0.15) is 10.4 Å². The van der Waals surface area contributed by atoms with Crippen LogP contribution >= 0.6 is 23.2 Å². The van der Waals surface area contributed by atoms with Crippen LogP contribution in [0.4, 0.5) is 0 Å². The minimum atomic E-state index is 0.287.